The topological polar surface area (TPSA) is 71.9 Å². The van der Waals surface area contributed by atoms with Crippen molar-refractivity contribution in [2.75, 3.05) is 7.11 Å². The first-order chi connectivity index (χ1) is 9.20. The second-order valence-electron chi connectivity index (χ2n) is 5.36. The Labute approximate surface area is 113 Å². The molecule has 1 heterocycles. The molecular formula is C14H21N3O2. The normalized spacial score (nSPS) is 20.5. The molecule has 0 spiro atoms. The summed E-state index contributed by atoms with van der Waals surface area (Å²) >= 11 is 0. The molecule has 104 valence electrons. The summed E-state index contributed by atoms with van der Waals surface area (Å²) < 4.78 is 11.0. The summed E-state index contributed by atoms with van der Waals surface area (Å²) in [5.41, 5.74) is -0.395. The summed E-state index contributed by atoms with van der Waals surface area (Å²) in [6, 6.07) is 2.18. The van der Waals surface area contributed by atoms with E-state index in [0.29, 0.717) is 18.1 Å². The first kappa shape index (κ1) is 14.0. The summed E-state index contributed by atoms with van der Waals surface area (Å²) in [4.78, 5) is 4.45. The van der Waals surface area contributed by atoms with Crippen LogP contribution < -0.4 is 0 Å². The van der Waals surface area contributed by atoms with Gasteiger partial charge >= 0.3 is 0 Å². The zero-order valence-corrected chi connectivity index (χ0v) is 11.7. The minimum atomic E-state index is -0.395. The van der Waals surface area contributed by atoms with Crippen molar-refractivity contribution >= 4 is 0 Å². The van der Waals surface area contributed by atoms with Crippen LogP contribution in [0.2, 0.25) is 0 Å². The minimum absolute atomic E-state index is 0.110. The summed E-state index contributed by atoms with van der Waals surface area (Å²) in [7, 11) is 1.72. The lowest BCUT2D eigenvalue weighted by Gasteiger charge is -2.27. The van der Waals surface area contributed by atoms with Crippen molar-refractivity contribution in [3.8, 4) is 6.07 Å². The molecule has 0 bridgehead atoms. The molecular weight excluding hydrogens is 242 g/mol. The van der Waals surface area contributed by atoms with Gasteiger partial charge < -0.3 is 9.26 Å². The summed E-state index contributed by atoms with van der Waals surface area (Å²) in [5, 5.41) is 12.9. The van der Waals surface area contributed by atoms with Crippen molar-refractivity contribution in [3.05, 3.63) is 11.7 Å². The van der Waals surface area contributed by atoms with Crippen LogP contribution in [-0.4, -0.2) is 17.3 Å². The lowest BCUT2D eigenvalue weighted by molar-refractivity contribution is -0.0365. The summed E-state index contributed by atoms with van der Waals surface area (Å²) in [5.74, 6) is 1.07. The largest absolute Gasteiger partial charge is 0.370 e. The number of ether oxygens (including phenoxy) is 1. The van der Waals surface area contributed by atoms with Gasteiger partial charge in [0.15, 0.2) is 0 Å². The van der Waals surface area contributed by atoms with Crippen LogP contribution in [0.1, 0.15) is 57.2 Å². The molecule has 19 heavy (non-hydrogen) atoms. The van der Waals surface area contributed by atoms with Gasteiger partial charge in [0.2, 0.25) is 11.7 Å². The molecule has 5 heteroatoms. The molecule has 1 aromatic rings. The number of methoxy groups -OCH3 is 1. The van der Waals surface area contributed by atoms with Crippen LogP contribution in [0, 0.1) is 17.2 Å². The van der Waals surface area contributed by atoms with Gasteiger partial charge in [0.25, 0.3) is 0 Å². The van der Waals surface area contributed by atoms with Crippen LogP contribution >= 0.6 is 0 Å². The van der Waals surface area contributed by atoms with Crippen LogP contribution in [0.25, 0.3) is 0 Å². The van der Waals surface area contributed by atoms with Gasteiger partial charge in [-0.1, -0.05) is 30.8 Å². The van der Waals surface area contributed by atoms with Crippen molar-refractivity contribution in [1.82, 2.24) is 10.1 Å². The van der Waals surface area contributed by atoms with Crippen LogP contribution in [0.5, 0.6) is 0 Å². The molecule has 1 aliphatic rings. The molecule has 0 aliphatic heterocycles. The quantitative estimate of drug-likeness (QED) is 0.781. The maximum Gasteiger partial charge on any atom is 0.228 e. The van der Waals surface area contributed by atoms with Gasteiger partial charge in [0.1, 0.15) is 5.60 Å². The lowest BCUT2D eigenvalue weighted by atomic mass is 9.93. The van der Waals surface area contributed by atoms with Crippen molar-refractivity contribution < 1.29 is 9.26 Å². The molecule has 1 unspecified atom stereocenters. The molecule has 0 saturated heterocycles. The Morgan fingerprint density at radius 1 is 1.37 bits per heavy atom. The van der Waals surface area contributed by atoms with E-state index in [1.807, 2.05) is 6.92 Å². The average Bonchev–Trinajstić information content (AvgIpc) is 2.76. The highest BCUT2D eigenvalue weighted by Crippen LogP contribution is 2.37. The molecule has 5 nitrogen and oxygen atoms in total. The predicted molar refractivity (Wildman–Crippen MR) is 69.2 cm³/mol. The van der Waals surface area contributed by atoms with E-state index in [1.165, 1.54) is 12.8 Å². The van der Waals surface area contributed by atoms with Crippen molar-refractivity contribution in [3.63, 3.8) is 0 Å². The van der Waals surface area contributed by atoms with E-state index in [1.54, 1.807) is 7.11 Å². The van der Waals surface area contributed by atoms with Crippen LogP contribution in [0.15, 0.2) is 4.52 Å². The predicted octanol–water partition coefficient (Wildman–Crippen LogP) is 2.97. The fraction of sp³-hybridized carbons (Fsp3) is 0.786. The van der Waals surface area contributed by atoms with Crippen LogP contribution in [0.3, 0.4) is 0 Å². The Hall–Kier alpha value is -1.41. The zero-order valence-electron chi connectivity index (χ0n) is 11.7. The lowest BCUT2D eigenvalue weighted by Crippen LogP contribution is -2.29. The fourth-order valence-corrected chi connectivity index (χ4v) is 2.65. The smallest absolute Gasteiger partial charge is 0.228 e. The third-order valence-electron chi connectivity index (χ3n) is 3.88. The van der Waals surface area contributed by atoms with Gasteiger partial charge in [-0.25, -0.2) is 0 Å². The number of aromatic nitrogens is 2. The molecule has 1 aliphatic carbocycles. The molecule has 0 N–H and O–H groups in total. The monoisotopic (exact) mass is 263 g/mol. The Balaban J connectivity index is 2.16. The third-order valence-corrected chi connectivity index (χ3v) is 3.88. The Bertz CT molecular complexity index is 442. The van der Waals surface area contributed by atoms with Gasteiger partial charge in [-0.15, -0.1) is 0 Å². The minimum Gasteiger partial charge on any atom is -0.370 e. The van der Waals surface area contributed by atoms with Gasteiger partial charge in [-0.2, -0.15) is 10.2 Å². The second kappa shape index (κ2) is 6.16. The molecule has 1 saturated carbocycles. The number of nitriles is 1. The number of hydrogen-bond acceptors (Lipinski definition) is 5. The third kappa shape index (κ3) is 3.13. The summed E-state index contributed by atoms with van der Waals surface area (Å²) in [6.07, 6.45) is 7.12. The Morgan fingerprint density at radius 2 is 2.05 bits per heavy atom. The summed E-state index contributed by atoms with van der Waals surface area (Å²) in [6.45, 7) is 1.85. The van der Waals surface area contributed by atoms with Gasteiger partial charge in [-0.05, 0) is 19.8 Å². The van der Waals surface area contributed by atoms with E-state index in [-0.39, 0.29) is 5.92 Å². The molecule has 1 atom stereocenters. The molecule has 1 fully saturated rings. The standard InChI is InChI=1S/C14H21N3O2/c1-11(10-15)9-12-16-13(17-19-12)14(18-2)7-5-3-4-6-8-14/h11H,3-9H2,1-2H3. The molecule has 0 aromatic carbocycles. The van der Waals surface area contributed by atoms with Gasteiger partial charge in [0.05, 0.1) is 12.0 Å². The first-order valence-electron chi connectivity index (χ1n) is 6.98. The number of nitrogens with zero attached hydrogens (tertiary/aromatic N) is 3. The van der Waals surface area contributed by atoms with Gasteiger partial charge in [0, 0.05) is 13.5 Å². The second-order valence-corrected chi connectivity index (χ2v) is 5.36. The maximum absolute atomic E-state index is 8.82. The van der Waals surface area contributed by atoms with Crippen molar-refractivity contribution in [1.29, 1.82) is 5.26 Å². The molecule has 0 amide bonds. The highest BCUT2D eigenvalue weighted by Gasteiger charge is 2.37. The zero-order chi connectivity index (χ0) is 13.7. The number of rotatable bonds is 4. The van der Waals surface area contributed by atoms with E-state index in [9.17, 15) is 0 Å². The molecule has 1 aromatic heterocycles. The molecule has 2 rings (SSSR count). The van der Waals surface area contributed by atoms with E-state index < -0.39 is 5.60 Å². The van der Waals surface area contributed by atoms with Crippen LogP contribution in [-0.2, 0) is 16.8 Å². The van der Waals surface area contributed by atoms with E-state index in [2.05, 4.69) is 16.2 Å². The number of hydrogen-bond donors (Lipinski definition) is 0. The Morgan fingerprint density at radius 3 is 2.63 bits per heavy atom. The van der Waals surface area contributed by atoms with Gasteiger partial charge in [-0.3, -0.25) is 0 Å². The maximum atomic E-state index is 8.82. The highest BCUT2D eigenvalue weighted by atomic mass is 16.5. The van der Waals surface area contributed by atoms with E-state index in [0.717, 1.165) is 25.7 Å². The Kier molecular flexibility index (Phi) is 4.54. The average molecular weight is 263 g/mol. The highest BCUT2D eigenvalue weighted by molar-refractivity contribution is 5.03. The van der Waals surface area contributed by atoms with Crippen molar-refractivity contribution in [2.24, 2.45) is 5.92 Å². The van der Waals surface area contributed by atoms with E-state index in [4.69, 9.17) is 14.5 Å². The fourth-order valence-electron chi connectivity index (χ4n) is 2.65. The van der Waals surface area contributed by atoms with E-state index >= 15 is 0 Å². The molecule has 0 radical (unpaired) electrons. The first-order valence-corrected chi connectivity index (χ1v) is 6.98. The van der Waals surface area contributed by atoms with Crippen LogP contribution in [0.4, 0.5) is 0 Å². The van der Waals surface area contributed by atoms with Crippen molar-refractivity contribution in [2.45, 2.75) is 57.5 Å². The SMILES string of the molecule is COC1(c2noc(CC(C)C#N)n2)CCCCCC1.